The van der Waals surface area contributed by atoms with Crippen molar-refractivity contribution in [1.29, 1.82) is 0 Å². The van der Waals surface area contributed by atoms with Gasteiger partial charge < -0.3 is 0 Å². The van der Waals surface area contributed by atoms with Crippen molar-refractivity contribution < 1.29 is 139 Å². The van der Waals surface area contributed by atoms with E-state index in [0.717, 1.165) is 0 Å². The van der Waals surface area contributed by atoms with Crippen LogP contribution in [0, 0.1) is 0 Å². The molecule has 48 valence electrons. The van der Waals surface area contributed by atoms with E-state index in [0.29, 0.717) is 0 Å². The van der Waals surface area contributed by atoms with Gasteiger partial charge in [0, 0.05) is 0 Å². The summed E-state index contributed by atoms with van der Waals surface area (Å²) in [5.41, 5.74) is 0. The maximum absolute atomic E-state index is 8.60. The van der Waals surface area contributed by atoms with Gasteiger partial charge >= 0.3 is 139 Å². The Morgan fingerprint density at radius 1 is 0.800 bits per heavy atom. The molecule has 0 bridgehead atoms. The minimum absolute atomic E-state index is 0. The number of hydrogen-bond acceptors (Lipinski definition) is 6. The molecule has 0 aliphatic rings. The maximum atomic E-state index is 8.60. The predicted octanol–water partition coefficient (Wildman–Crippen LogP) is -8.85. The first kappa shape index (κ1) is 23.2. The number of hydrogen-bond donors (Lipinski definition) is 0. The molecule has 0 fully saturated rings. The summed E-state index contributed by atoms with van der Waals surface area (Å²) in [6, 6.07) is 0. The zero-order valence-electron chi connectivity index (χ0n) is 5.34. The van der Waals surface area contributed by atoms with E-state index >= 15 is 0 Å². The van der Waals surface area contributed by atoms with Gasteiger partial charge in [-0.3, -0.25) is 0 Å². The quantitative estimate of drug-likeness (QED) is 0.403. The fourth-order valence-corrected chi connectivity index (χ4v) is 0. The zero-order valence-corrected chi connectivity index (χ0v) is 14.9. The zero-order chi connectivity index (χ0) is 7.15. The Hall–Kier alpha value is 3.24. The van der Waals surface area contributed by atoms with E-state index in [1.165, 1.54) is 0 Å². The van der Waals surface area contributed by atoms with E-state index in [2.05, 4.69) is 0 Å². The van der Waals surface area contributed by atoms with Crippen molar-refractivity contribution in [2.75, 3.05) is 0 Å². The summed E-state index contributed by atoms with van der Waals surface area (Å²) in [5.74, 6) is 0. The molecule has 0 heterocycles. The Morgan fingerprint density at radius 2 is 0.800 bits per heavy atom. The van der Waals surface area contributed by atoms with Gasteiger partial charge in [0.15, 0.2) is 0 Å². The first-order valence-corrected chi connectivity index (χ1v) is 6.48. The van der Waals surface area contributed by atoms with Gasteiger partial charge in [-0.1, -0.05) is 0 Å². The van der Waals surface area contributed by atoms with Crippen LogP contribution in [0.1, 0.15) is 0 Å². The second-order valence-corrected chi connectivity index (χ2v) is 2.65. The third kappa shape index (κ3) is 112. The molecule has 0 aliphatic carbocycles. The molecule has 0 N–H and O–H groups in total. The van der Waals surface area contributed by atoms with Crippen molar-refractivity contribution in [3.05, 3.63) is 0 Å². The molecule has 0 saturated carbocycles. The van der Waals surface area contributed by atoms with E-state index in [1.807, 2.05) is 0 Å². The van der Waals surface area contributed by atoms with Crippen molar-refractivity contribution in [2.24, 2.45) is 0 Å². The van der Waals surface area contributed by atoms with E-state index in [4.69, 9.17) is 20.2 Å². The molecule has 10 heavy (non-hydrogen) atoms. The van der Waals surface area contributed by atoms with Crippen LogP contribution in [-0.2, 0) is 50.6 Å². The molecule has 0 atom stereocenters. The van der Waals surface area contributed by atoms with Gasteiger partial charge in [-0.05, 0) is 0 Å². The van der Waals surface area contributed by atoms with Crippen LogP contribution >= 0.6 is 0 Å². The summed E-state index contributed by atoms with van der Waals surface area (Å²) in [6.07, 6.45) is 0. The second-order valence-electron chi connectivity index (χ2n) is 0.447. The van der Waals surface area contributed by atoms with Crippen LogP contribution < -0.4 is 88.2 Å². The van der Waals surface area contributed by atoms with Crippen molar-refractivity contribution in [3.8, 4) is 0 Å². The van der Waals surface area contributed by atoms with E-state index in [1.54, 1.807) is 0 Å². The van der Waals surface area contributed by atoms with Gasteiger partial charge in [0.05, 0.1) is 0 Å². The number of rotatable bonds is 0. The fourth-order valence-electron chi connectivity index (χ4n) is 0. The third-order valence-corrected chi connectivity index (χ3v) is 0. The van der Waals surface area contributed by atoms with Crippen LogP contribution in [0.15, 0.2) is 0 Å². The molecule has 0 aromatic rings. The Morgan fingerprint density at radius 3 is 0.800 bits per heavy atom. The molecule has 0 spiro atoms. The van der Waals surface area contributed by atoms with Crippen LogP contribution in [0.5, 0.6) is 0 Å². The third-order valence-electron chi connectivity index (χ3n) is 0. The normalized spacial score (nSPS) is 5.00. The molecule has 0 aromatic carbocycles. The second kappa shape index (κ2) is 18.1. The average molecular weight is 344 g/mol. The van der Waals surface area contributed by atoms with Gasteiger partial charge in [0.2, 0.25) is 0 Å². The topological polar surface area (TPSA) is 114 Å². The molecule has 0 unspecified atom stereocenters. The van der Waals surface area contributed by atoms with Crippen LogP contribution in [0.2, 0.25) is 0 Å². The van der Waals surface area contributed by atoms with Gasteiger partial charge in [-0.25, -0.2) is 0 Å². The predicted molar refractivity (Wildman–Crippen MR) is 2.75 cm³/mol. The monoisotopic (exact) mass is 344 g/mol. The molecule has 0 rings (SSSR count). The first-order chi connectivity index (χ1) is 3.46. The molecule has 10 heteroatoms. The summed E-state index contributed by atoms with van der Waals surface area (Å²) in [4.78, 5) is 0. The van der Waals surface area contributed by atoms with Crippen molar-refractivity contribution in [3.63, 3.8) is 0 Å². The van der Waals surface area contributed by atoms with Crippen LogP contribution in [0.3, 0.4) is 0 Å². The summed E-state index contributed by atoms with van der Waals surface area (Å²) >= 11 is -8.40. The first-order valence-electron chi connectivity index (χ1n) is 1.10. The van der Waals surface area contributed by atoms with Gasteiger partial charge in [-0.2, -0.15) is 0 Å². The van der Waals surface area contributed by atoms with Crippen LogP contribution in [0.25, 0.3) is 0 Å². The minimum atomic E-state index is -4.20. The standard InChI is InChI=1S/K.Na.2Nb.6O/q2*+1;;;;;;;2*-1. The Labute approximate surface area is 135 Å². The van der Waals surface area contributed by atoms with Gasteiger partial charge in [0.25, 0.3) is 0 Å². The van der Waals surface area contributed by atoms with Crippen molar-refractivity contribution in [2.45, 2.75) is 0 Å². The van der Waals surface area contributed by atoms with E-state index < -0.39 is 37.6 Å². The molecule has 6 nitrogen and oxygen atoms in total. The van der Waals surface area contributed by atoms with Crippen molar-refractivity contribution >= 4 is 0 Å². The Bertz CT molecular complexity index is 133. The molecule has 0 amide bonds. The molecular formula is KNaNb2O6. The van der Waals surface area contributed by atoms with Crippen molar-refractivity contribution in [1.82, 2.24) is 0 Å². The molecule has 0 aromatic heterocycles. The van der Waals surface area contributed by atoms with Crippen LogP contribution in [-0.4, -0.2) is 0 Å². The summed E-state index contributed by atoms with van der Waals surface area (Å²) in [6.45, 7) is 0. The average Bonchev–Trinajstić information content (AvgIpc) is 1.25. The Balaban J connectivity index is -0.0000000300. The van der Waals surface area contributed by atoms with Crippen LogP contribution in [0.4, 0.5) is 0 Å². The summed E-state index contributed by atoms with van der Waals surface area (Å²) in [5, 5.41) is 0. The molecule has 0 radical (unpaired) electrons. The summed E-state index contributed by atoms with van der Waals surface area (Å²) < 4.78 is 51.6. The van der Waals surface area contributed by atoms with E-state index in [-0.39, 0.29) is 80.9 Å². The van der Waals surface area contributed by atoms with Gasteiger partial charge in [0.1, 0.15) is 0 Å². The van der Waals surface area contributed by atoms with E-state index in [9.17, 15) is 0 Å². The van der Waals surface area contributed by atoms with Gasteiger partial charge in [-0.15, -0.1) is 0 Å². The molecule has 0 saturated heterocycles. The molecular weight excluding hydrogens is 344 g/mol. The summed E-state index contributed by atoms with van der Waals surface area (Å²) in [7, 11) is 0. The molecule has 0 aliphatic heterocycles. The Kier molecular flexibility index (Phi) is 42.1. The SMILES string of the molecule is [K+].[Na+].[O]=[Nb](=[O])[O-].[O]=[Nb](=[O])[O-]. The fraction of sp³-hybridized carbons (Fsp3) is 0.